The van der Waals surface area contributed by atoms with Crippen LogP contribution >= 0.6 is 11.8 Å². The van der Waals surface area contributed by atoms with E-state index in [1.807, 2.05) is 13.0 Å². The molecule has 152 valence electrons. The number of halogens is 1. The van der Waals surface area contributed by atoms with Crippen LogP contribution in [0.4, 0.5) is 10.1 Å². The fourth-order valence-electron chi connectivity index (χ4n) is 3.46. The van der Waals surface area contributed by atoms with E-state index in [-0.39, 0.29) is 23.7 Å². The number of pyridine rings is 1. The van der Waals surface area contributed by atoms with Crippen LogP contribution in [0.25, 0.3) is 0 Å². The molecular formula is C23H20FN3O2S. The Morgan fingerprint density at radius 3 is 2.70 bits per heavy atom. The molecule has 3 aromatic rings. The van der Waals surface area contributed by atoms with E-state index in [9.17, 15) is 14.0 Å². The van der Waals surface area contributed by atoms with Crippen molar-refractivity contribution in [2.24, 2.45) is 0 Å². The molecule has 1 aromatic heterocycles. The number of hydrogen-bond acceptors (Lipinski definition) is 4. The van der Waals surface area contributed by atoms with Crippen molar-refractivity contribution in [3.05, 3.63) is 89.0 Å². The standard InChI is InChI=1S/C23H20FN3O2S/c1-14-3-2-4-17(21(14)27-22(28)15-7-10-25-11-8-15)23(29)26-19-9-12-30-20-6-5-16(24)13-18(19)20/h2-8,10-11,13,19H,9,12H2,1H3,(H,26,29)(H,27,28). The predicted octanol–water partition coefficient (Wildman–Crippen LogP) is 4.75. The Morgan fingerprint density at radius 1 is 1.10 bits per heavy atom. The zero-order chi connectivity index (χ0) is 21.1. The molecule has 0 radical (unpaired) electrons. The summed E-state index contributed by atoms with van der Waals surface area (Å²) >= 11 is 1.66. The summed E-state index contributed by atoms with van der Waals surface area (Å²) in [4.78, 5) is 30.6. The average molecular weight is 421 g/mol. The molecule has 0 aliphatic carbocycles. The zero-order valence-corrected chi connectivity index (χ0v) is 17.1. The molecule has 2 amide bonds. The number of amides is 2. The number of thioether (sulfide) groups is 1. The van der Waals surface area contributed by atoms with Crippen molar-refractivity contribution in [3.8, 4) is 0 Å². The largest absolute Gasteiger partial charge is 0.345 e. The predicted molar refractivity (Wildman–Crippen MR) is 115 cm³/mol. The Balaban J connectivity index is 1.59. The summed E-state index contributed by atoms with van der Waals surface area (Å²) < 4.78 is 13.8. The summed E-state index contributed by atoms with van der Waals surface area (Å²) in [5.74, 6) is -0.113. The fourth-order valence-corrected chi connectivity index (χ4v) is 4.57. The lowest BCUT2D eigenvalue weighted by Crippen LogP contribution is -2.31. The van der Waals surface area contributed by atoms with Crippen LogP contribution in [0, 0.1) is 12.7 Å². The van der Waals surface area contributed by atoms with Gasteiger partial charge >= 0.3 is 0 Å². The van der Waals surface area contributed by atoms with Gasteiger partial charge in [-0.05, 0) is 60.9 Å². The van der Waals surface area contributed by atoms with E-state index in [1.165, 1.54) is 24.5 Å². The third kappa shape index (κ3) is 4.21. The SMILES string of the molecule is Cc1cccc(C(=O)NC2CCSc3ccc(F)cc32)c1NC(=O)c1ccncc1. The van der Waals surface area contributed by atoms with Gasteiger partial charge in [0.15, 0.2) is 0 Å². The second kappa shape index (κ2) is 8.67. The molecule has 1 aliphatic rings. The van der Waals surface area contributed by atoms with Crippen molar-refractivity contribution in [2.45, 2.75) is 24.3 Å². The Bertz CT molecular complexity index is 1100. The maximum atomic E-state index is 13.8. The molecule has 5 nitrogen and oxygen atoms in total. The van der Waals surface area contributed by atoms with Gasteiger partial charge in [-0.15, -0.1) is 11.8 Å². The van der Waals surface area contributed by atoms with Gasteiger partial charge in [0.1, 0.15) is 5.82 Å². The first kappa shape index (κ1) is 20.1. The number of nitrogens with one attached hydrogen (secondary N) is 2. The Kier molecular flexibility index (Phi) is 5.81. The first-order chi connectivity index (χ1) is 14.5. The maximum absolute atomic E-state index is 13.8. The minimum absolute atomic E-state index is 0.284. The lowest BCUT2D eigenvalue weighted by Gasteiger charge is -2.26. The lowest BCUT2D eigenvalue weighted by atomic mass is 10.0. The molecule has 0 spiro atoms. The quantitative estimate of drug-likeness (QED) is 0.638. The highest BCUT2D eigenvalue weighted by Gasteiger charge is 2.25. The van der Waals surface area contributed by atoms with E-state index in [4.69, 9.17) is 0 Å². The van der Waals surface area contributed by atoms with E-state index in [2.05, 4.69) is 15.6 Å². The van der Waals surface area contributed by atoms with Gasteiger partial charge in [0.2, 0.25) is 0 Å². The number of nitrogens with zero attached hydrogens (tertiary/aromatic N) is 1. The summed E-state index contributed by atoms with van der Waals surface area (Å²) in [5.41, 5.74) is 2.84. The van der Waals surface area contributed by atoms with Crippen molar-refractivity contribution >= 4 is 29.3 Å². The molecule has 0 saturated heterocycles. The van der Waals surface area contributed by atoms with Crippen LogP contribution in [0.2, 0.25) is 0 Å². The lowest BCUT2D eigenvalue weighted by molar-refractivity contribution is 0.0935. The van der Waals surface area contributed by atoms with Crippen LogP contribution < -0.4 is 10.6 Å². The van der Waals surface area contributed by atoms with Gasteiger partial charge < -0.3 is 10.6 Å². The number of carbonyl (C=O) groups is 2. The highest BCUT2D eigenvalue weighted by molar-refractivity contribution is 7.99. The van der Waals surface area contributed by atoms with E-state index in [0.717, 1.165) is 21.8 Å². The fraction of sp³-hybridized carbons (Fsp3) is 0.174. The number of benzene rings is 2. The second-order valence-corrected chi connectivity index (χ2v) is 8.17. The third-order valence-electron chi connectivity index (χ3n) is 5.02. The van der Waals surface area contributed by atoms with Crippen molar-refractivity contribution in [2.75, 3.05) is 11.1 Å². The number of rotatable bonds is 4. The number of fused-ring (bicyclic) bond motifs is 1. The van der Waals surface area contributed by atoms with E-state index in [0.29, 0.717) is 23.2 Å². The number of carbonyl (C=O) groups excluding carboxylic acids is 2. The maximum Gasteiger partial charge on any atom is 0.255 e. The summed E-state index contributed by atoms with van der Waals surface area (Å²) in [5, 5.41) is 5.87. The van der Waals surface area contributed by atoms with Gasteiger partial charge in [0.05, 0.1) is 17.3 Å². The number of para-hydroxylation sites is 1. The molecule has 7 heteroatoms. The smallest absolute Gasteiger partial charge is 0.255 e. The molecule has 1 aliphatic heterocycles. The van der Waals surface area contributed by atoms with Crippen molar-refractivity contribution < 1.29 is 14.0 Å². The van der Waals surface area contributed by atoms with Crippen molar-refractivity contribution in [3.63, 3.8) is 0 Å². The first-order valence-corrected chi connectivity index (χ1v) is 10.6. The van der Waals surface area contributed by atoms with E-state index in [1.54, 1.807) is 42.1 Å². The average Bonchev–Trinajstić information content (AvgIpc) is 2.76. The number of aryl methyl sites for hydroxylation is 1. The molecule has 2 aromatic carbocycles. The highest BCUT2D eigenvalue weighted by atomic mass is 32.2. The molecule has 4 rings (SSSR count). The summed E-state index contributed by atoms with van der Waals surface area (Å²) in [6.07, 6.45) is 3.79. The van der Waals surface area contributed by atoms with Gasteiger partial charge in [-0.2, -0.15) is 0 Å². The van der Waals surface area contributed by atoms with Gasteiger partial charge in [-0.25, -0.2) is 4.39 Å². The number of hydrogen-bond donors (Lipinski definition) is 2. The monoisotopic (exact) mass is 421 g/mol. The normalized spacial score (nSPS) is 15.2. The minimum atomic E-state index is -0.323. The minimum Gasteiger partial charge on any atom is -0.345 e. The summed E-state index contributed by atoms with van der Waals surface area (Å²) in [7, 11) is 0. The third-order valence-corrected chi connectivity index (χ3v) is 6.14. The molecule has 1 unspecified atom stereocenters. The van der Waals surface area contributed by atoms with Gasteiger partial charge in [0, 0.05) is 28.6 Å². The molecule has 1 atom stereocenters. The van der Waals surface area contributed by atoms with Crippen LogP contribution in [0.1, 0.15) is 44.3 Å². The Morgan fingerprint density at radius 2 is 1.90 bits per heavy atom. The molecular weight excluding hydrogens is 401 g/mol. The van der Waals surface area contributed by atoms with Crippen LogP contribution in [0.15, 0.2) is 65.8 Å². The van der Waals surface area contributed by atoms with Crippen molar-refractivity contribution in [1.29, 1.82) is 0 Å². The van der Waals surface area contributed by atoms with Gasteiger partial charge in [0.25, 0.3) is 11.8 Å². The summed E-state index contributed by atoms with van der Waals surface area (Å²) in [6, 6.07) is 12.9. The van der Waals surface area contributed by atoms with Gasteiger partial charge in [-0.1, -0.05) is 12.1 Å². The first-order valence-electron chi connectivity index (χ1n) is 9.57. The van der Waals surface area contributed by atoms with Crippen LogP contribution in [-0.4, -0.2) is 22.6 Å². The van der Waals surface area contributed by atoms with E-state index >= 15 is 0 Å². The topological polar surface area (TPSA) is 71.1 Å². The van der Waals surface area contributed by atoms with Crippen molar-refractivity contribution in [1.82, 2.24) is 10.3 Å². The molecule has 0 fully saturated rings. The molecule has 2 N–H and O–H groups in total. The van der Waals surface area contributed by atoms with Crippen LogP contribution in [-0.2, 0) is 0 Å². The van der Waals surface area contributed by atoms with Crippen LogP contribution in [0.5, 0.6) is 0 Å². The molecule has 30 heavy (non-hydrogen) atoms. The number of aromatic nitrogens is 1. The van der Waals surface area contributed by atoms with Gasteiger partial charge in [-0.3, -0.25) is 14.6 Å². The Hall–Kier alpha value is -3.19. The summed E-state index contributed by atoms with van der Waals surface area (Å²) in [6.45, 7) is 1.83. The zero-order valence-electron chi connectivity index (χ0n) is 16.3. The Labute approximate surface area is 178 Å². The van der Waals surface area contributed by atoms with E-state index < -0.39 is 0 Å². The van der Waals surface area contributed by atoms with Crippen LogP contribution in [0.3, 0.4) is 0 Å². The molecule has 2 heterocycles. The molecule has 0 bridgehead atoms. The molecule has 0 saturated carbocycles. The highest BCUT2D eigenvalue weighted by Crippen LogP contribution is 2.37. The number of anilines is 1. The second-order valence-electron chi connectivity index (χ2n) is 7.03.